The third-order valence-corrected chi connectivity index (χ3v) is 4.24. The summed E-state index contributed by atoms with van der Waals surface area (Å²) < 4.78 is 27.3. The van der Waals surface area contributed by atoms with Gasteiger partial charge in [0.2, 0.25) is 0 Å². The van der Waals surface area contributed by atoms with Crippen LogP contribution in [0.3, 0.4) is 0 Å². The van der Waals surface area contributed by atoms with Gasteiger partial charge in [0.25, 0.3) is 5.17 Å². The molecule has 4 nitrogen and oxygen atoms in total. The number of sulfone groups is 1. The van der Waals surface area contributed by atoms with E-state index >= 15 is 0 Å². The van der Waals surface area contributed by atoms with E-state index in [1.165, 1.54) is 0 Å². The average Bonchev–Trinajstić information content (AvgIpc) is 2.43. The van der Waals surface area contributed by atoms with Gasteiger partial charge in [0.05, 0.1) is 18.1 Å². The number of ether oxygens (including phenoxy) is 1. The molecular weight excluding hydrogens is 222 g/mol. The van der Waals surface area contributed by atoms with Crippen LogP contribution in [-0.2, 0) is 14.6 Å². The van der Waals surface area contributed by atoms with Gasteiger partial charge in [-0.25, -0.2) is 8.42 Å². The first-order valence-electron chi connectivity index (χ1n) is 4.64. The smallest absolute Gasteiger partial charge is 0.256 e. The Balaban J connectivity index is 2.24. The molecule has 82 valence electrons. The van der Waals surface area contributed by atoms with E-state index < -0.39 is 9.84 Å². The minimum absolute atomic E-state index is 0.179. The Hall–Kier alpha value is -0.360. The fraction of sp³-hybridized carbons (Fsp3) is 0.875. The lowest BCUT2D eigenvalue weighted by Gasteiger charge is -2.11. The van der Waals surface area contributed by atoms with Crippen LogP contribution < -0.4 is 5.32 Å². The van der Waals surface area contributed by atoms with Gasteiger partial charge in [-0.05, 0) is 31.5 Å². The van der Waals surface area contributed by atoms with E-state index in [1.54, 1.807) is 0 Å². The zero-order chi connectivity index (χ0) is 10.6. The fourth-order valence-electron chi connectivity index (χ4n) is 1.44. The van der Waals surface area contributed by atoms with E-state index in [2.05, 4.69) is 5.32 Å². The van der Waals surface area contributed by atoms with Gasteiger partial charge in [0.15, 0.2) is 9.84 Å². The second-order valence-electron chi connectivity index (χ2n) is 3.37. The van der Waals surface area contributed by atoms with E-state index in [0.29, 0.717) is 24.1 Å². The molecule has 6 heteroatoms. The van der Waals surface area contributed by atoms with Crippen molar-refractivity contribution >= 4 is 27.2 Å². The minimum Gasteiger partial charge on any atom is -0.471 e. The highest BCUT2D eigenvalue weighted by molar-refractivity contribution is 7.91. The summed E-state index contributed by atoms with van der Waals surface area (Å²) in [7, 11) is -2.78. The molecule has 1 aliphatic heterocycles. The highest BCUT2D eigenvalue weighted by Crippen LogP contribution is 2.17. The summed E-state index contributed by atoms with van der Waals surface area (Å²) in [5.74, 6) is 0.758. The zero-order valence-corrected chi connectivity index (χ0v) is 9.79. The molecule has 0 amide bonds. The Kier molecular flexibility index (Phi) is 4.12. The van der Waals surface area contributed by atoms with Crippen molar-refractivity contribution in [1.82, 2.24) is 5.32 Å². The third kappa shape index (κ3) is 3.79. The second kappa shape index (κ2) is 4.93. The maximum Gasteiger partial charge on any atom is 0.256 e. The lowest BCUT2D eigenvalue weighted by atomic mass is 10.1. The largest absolute Gasteiger partial charge is 0.471 e. The van der Waals surface area contributed by atoms with Crippen LogP contribution in [0.1, 0.15) is 13.3 Å². The van der Waals surface area contributed by atoms with E-state index in [1.807, 2.05) is 6.92 Å². The molecule has 1 atom stereocenters. The molecule has 0 aromatic heterocycles. The van der Waals surface area contributed by atoms with Crippen molar-refractivity contribution in [3.05, 3.63) is 0 Å². The zero-order valence-electron chi connectivity index (χ0n) is 8.15. The molecule has 0 aromatic carbocycles. The summed E-state index contributed by atoms with van der Waals surface area (Å²) in [6.07, 6.45) is 0.726. The molecule has 1 fully saturated rings. The van der Waals surface area contributed by atoms with Crippen molar-refractivity contribution in [3.8, 4) is 0 Å². The van der Waals surface area contributed by atoms with Crippen LogP contribution in [0.25, 0.3) is 0 Å². The normalized spacial score (nSPS) is 24.5. The van der Waals surface area contributed by atoms with Gasteiger partial charge >= 0.3 is 0 Å². The minimum atomic E-state index is -2.78. The Morgan fingerprint density at radius 2 is 2.36 bits per heavy atom. The van der Waals surface area contributed by atoms with E-state index in [9.17, 15) is 8.42 Å². The molecule has 0 radical (unpaired) electrons. The SMILES string of the molecule is CCOC(=S)NC[C@H]1CCS(=O)(=O)C1. The lowest BCUT2D eigenvalue weighted by molar-refractivity contribution is 0.317. The first-order chi connectivity index (χ1) is 6.53. The maximum absolute atomic E-state index is 11.1. The number of thiocarbonyl (C=S) groups is 1. The maximum atomic E-state index is 11.1. The van der Waals surface area contributed by atoms with Gasteiger partial charge in [0.1, 0.15) is 0 Å². The number of nitrogens with one attached hydrogen (secondary N) is 1. The molecule has 1 rings (SSSR count). The van der Waals surface area contributed by atoms with E-state index in [0.717, 1.165) is 6.42 Å². The van der Waals surface area contributed by atoms with Crippen molar-refractivity contribution < 1.29 is 13.2 Å². The molecule has 1 N–H and O–H groups in total. The van der Waals surface area contributed by atoms with Crippen molar-refractivity contribution in [2.45, 2.75) is 13.3 Å². The molecule has 0 saturated carbocycles. The Morgan fingerprint density at radius 3 is 2.86 bits per heavy atom. The predicted molar refractivity (Wildman–Crippen MR) is 59.0 cm³/mol. The van der Waals surface area contributed by atoms with Gasteiger partial charge in [-0.15, -0.1) is 0 Å². The van der Waals surface area contributed by atoms with Crippen LogP contribution in [0.5, 0.6) is 0 Å². The summed E-state index contributed by atoms with van der Waals surface area (Å²) in [5.41, 5.74) is 0. The first kappa shape index (κ1) is 11.7. The van der Waals surface area contributed by atoms with Crippen LogP contribution in [0, 0.1) is 5.92 Å². The molecule has 0 aromatic rings. The molecule has 14 heavy (non-hydrogen) atoms. The van der Waals surface area contributed by atoms with Gasteiger partial charge < -0.3 is 10.1 Å². The third-order valence-electron chi connectivity index (χ3n) is 2.14. The standard InChI is InChI=1S/C8H15NO3S2/c1-2-12-8(13)9-5-7-3-4-14(10,11)6-7/h7H,2-6H2,1H3,(H,9,13)/t7-/m1/s1. The Morgan fingerprint density at radius 1 is 1.64 bits per heavy atom. The topological polar surface area (TPSA) is 55.4 Å². The van der Waals surface area contributed by atoms with E-state index in [-0.39, 0.29) is 11.7 Å². The lowest BCUT2D eigenvalue weighted by Crippen LogP contribution is -2.30. The molecule has 0 bridgehead atoms. The molecule has 1 aliphatic rings. The van der Waals surface area contributed by atoms with Crippen molar-refractivity contribution in [2.75, 3.05) is 24.7 Å². The van der Waals surface area contributed by atoms with Gasteiger partial charge in [-0.3, -0.25) is 0 Å². The van der Waals surface area contributed by atoms with E-state index in [4.69, 9.17) is 17.0 Å². The number of hydrogen-bond acceptors (Lipinski definition) is 4. The monoisotopic (exact) mass is 237 g/mol. The second-order valence-corrected chi connectivity index (χ2v) is 5.97. The van der Waals surface area contributed by atoms with Crippen molar-refractivity contribution in [3.63, 3.8) is 0 Å². The van der Waals surface area contributed by atoms with Crippen molar-refractivity contribution in [1.29, 1.82) is 0 Å². The van der Waals surface area contributed by atoms with Gasteiger partial charge in [-0.2, -0.15) is 0 Å². The molecule has 0 spiro atoms. The Bertz CT molecular complexity index is 300. The summed E-state index contributed by atoms with van der Waals surface area (Å²) in [6.45, 7) is 2.99. The van der Waals surface area contributed by atoms with Crippen LogP contribution in [0.4, 0.5) is 0 Å². The quantitative estimate of drug-likeness (QED) is 0.717. The number of rotatable bonds is 3. The summed E-state index contributed by atoms with van der Waals surface area (Å²) in [4.78, 5) is 0. The molecule has 0 aliphatic carbocycles. The fourth-order valence-corrected chi connectivity index (χ4v) is 3.51. The van der Waals surface area contributed by atoms with Gasteiger partial charge in [0, 0.05) is 6.54 Å². The summed E-state index contributed by atoms with van der Waals surface area (Å²) >= 11 is 4.86. The highest BCUT2D eigenvalue weighted by Gasteiger charge is 2.27. The van der Waals surface area contributed by atoms with Crippen LogP contribution in [-0.4, -0.2) is 38.2 Å². The van der Waals surface area contributed by atoms with Crippen LogP contribution >= 0.6 is 12.2 Å². The number of hydrogen-bond donors (Lipinski definition) is 1. The molecule has 0 unspecified atom stereocenters. The molecule has 1 heterocycles. The molecular formula is C8H15NO3S2. The molecule has 1 saturated heterocycles. The predicted octanol–water partition coefficient (Wildman–Crippen LogP) is 0.332. The summed E-state index contributed by atoms with van der Waals surface area (Å²) in [6, 6.07) is 0. The highest BCUT2D eigenvalue weighted by atomic mass is 32.2. The van der Waals surface area contributed by atoms with Crippen molar-refractivity contribution in [2.24, 2.45) is 5.92 Å². The van der Waals surface area contributed by atoms with Crippen LogP contribution in [0.2, 0.25) is 0 Å². The van der Waals surface area contributed by atoms with Gasteiger partial charge in [-0.1, -0.05) is 0 Å². The average molecular weight is 237 g/mol. The van der Waals surface area contributed by atoms with Crippen LogP contribution in [0.15, 0.2) is 0 Å². The first-order valence-corrected chi connectivity index (χ1v) is 6.87. The summed E-state index contributed by atoms with van der Waals surface area (Å²) in [5, 5.41) is 3.27. The Labute approximate surface area is 89.9 Å².